The third kappa shape index (κ3) is 2.37. The van der Waals surface area contributed by atoms with Crippen LogP contribution in [-0.4, -0.2) is 30.1 Å². The summed E-state index contributed by atoms with van der Waals surface area (Å²) in [7, 11) is 0. The molecule has 28 heavy (non-hydrogen) atoms. The van der Waals surface area contributed by atoms with Crippen LogP contribution in [-0.2, 0) is 14.4 Å². The normalized spacial score (nSPS) is 25.9. The Labute approximate surface area is 163 Å². The smallest absolute Gasteiger partial charge is 0.192 e. The molecule has 0 spiro atoms. The fraction of sp³-hybridized carbons (Fsp3) is 0.333. The van der Waals surface area contributed by atoms with Gasteiger partial charge in [0.1, 0.15) is 0 Å². The molecule has 1 aromatic carbocycles. The fourth-order valence-corrected chi connectivity index (χ4v) is 5.17. The highest BCUT2D eigenvalue weighted by Crippen LogP contribution is 2.52. The van der Waals surface area contributed by atoms with E-state index < -0.39 is 5.92 Å². The van der Waals surface area contributed by atoms with Crippen LogP contribution >= 0.6 is 0 Å². The third-order valence-corrected chi connectivity index (χ3v) is 6.27. The highest BCUT2D eigenvalue weighted by atomic mass is 16.1. The molecule has 3 aliphatic carbocycles. The topological polar surface area (TPSA) is 63.6 Å². The molecule has 1 atom stereocenters. The zero-order valence-electron chi connectivity index (χ0n) is 16.0. The molecule has 0 saturated carbocycles. The number of aliphatic imine (C=N–C) groups is 1. The standard InChI is InChI=1S/C24H21NO3/c1-24(2)9-14-8-15-21(23(28)17-12-25-11-16(17)22(15)27)20(19(14)18(26)10-24)13-6-4-3-5-7-13/h3-7,12,20H,8-11H2,1-2H3. The van der Waals surface area contributed by atoms with Crippen molar-refractivity contribution in [1.29, 1.82) is 0 Å². The second kappa shape index (κ2) is 5.81. The van der Waals surface area contributed by atoms with Gasteiger partial charge in [-0.05, 0) is 23.8 Å². The van der Waals surface area contributed by atoms with E-state index in [-0.39, 0.29) is 29.3 Å². The number of nitrogens with zero attached hydrogens (tertiary/aromatic N) is 1. The molecule has 4 nitrogen and oxygen atoms in total. The second-order valence-electron chi connectivity index (χ2n) is 8.89. The Kier molecular flexibility index (Phi) is 3.57. The van der Waals surface area contributed by atoms with E-state index in [1.54, 1.807) is 0 Å². The number of benzene rings is 1. The highest BCUT2D eigenvalue weighted by Gasteiger charge is 2.47. The first-order valence-electron chi connectivity index (χ1n) is 9.73. The van der Waals surface area contributed by atoms with Gasteiger partial charge in [0.25, 0.3) is 0 Å². The fourth-order valence-electron chi connectivity index (χ4n) is 5.17. The Morgan fingerprint density at radius 1 is 0.929 bits per heavy atom. The number of rotatable bonds is 1. The van der Waals surface area contributed by atoms with Gasteiger partial charge in [-0.3, -0.25) is 19.4 Å². The minimum atomic E-state index is -0.456. The van der Waals surface area contributed by atoms with E-state index in [2.05, 4.69) is 18.8 Å². The Morgan fingerprint density at radius 3 is 2.43 bits per heavy atom. The third-order valence-electron chi connectivity index (χ3n) is 6.27. The SMILES string of the molecule is CC1(C)CC(=O)C2=C(CC3=C(C(=O)C4=C(CN=C4)C3=O)C2c2ccccc2)C1. The first kappa shape index (κ1) is 17.2. The zero-order chi connectivity index (χ0) is 19.6. The quantitative estimate of drug-likeness (QED) is 0.707. The summed E-state index contributed by atoms with van der Waals surface area (Å²) >= 11 is 0. The molecule has 4 aliphatic rings. The Balaban J connectivity index is 1.74. The summed E-state index contributed by atoms with van der Waals surface area (Å²) in [5, 5.41) is 0. The van der Waals surface area contributed by atoms with Crippen molar-refractivity contribution in [2.24, 2.45) is 10.4 Å². The van der Waals surface area contributed by atoms with Crippen molar-refractivity contribution >= 4 is 23.6 Å². The Bertz CT molecular complexity index is 1080. The summed E-state index contributed by atoms with van der Waals surface area (Å²) in [5.41, 5.74) is 4.54. The number of hydrogen-bond acceptors (Lipinski definition) is 4. The van der Waals surface area contributed by atoms with Crippen molar-refractivity contribution in [3.63, 3.8) is 0 Å². The molecule has 140 valence electrons. The van der Waals surface area contributed by atoms with Gasteiger partial charge in [-0.15, -0.1) is 0 Å². The minimum absolute atomic E-state index is 0.0644. The van der Waals surface area contributed by atoms with E-state index in [4.69, 9.17) is 0 Å². The largest absolute Gasteiger partial charge is 0.294 e. The number of carbonyl (C=O) groups excluding carboxylic acids is 3. The molecule has 4 heteroatoms. The first-order valence-corrected chi connectivity index (χ1v) is 9.73. The number of allylic oxidation sites excluding steroid dienone is 5. The van der Waals surface area contributed by atoms with E-state index in [0.29, 0.717) is 35.1 Å². The molecular weight excluding hydrogens is 350 g/mol. The van der Waals surface area contributed by atoms with Crippen LogP contribution in [0.4, 0.5) is 0 Å². The van der Waals surface area contributed by atoms with Crippen LogP contribution in [0.3, 0.4) is 0 Å². The van der Waals surface area contributed by atoms with Gasteiger partial charge >= 0.3 is 0 Å². The summed E-state index contributed by atoms with van der Waals surface area (Å²) in [5.74, 6) is -0.552. The van der Waals surface area contributed by atoms with Gasteiger partial charge < -0.3 is 0 Å². The molecule has 1 aliphatic heterocycles. The van der Waals surface area contributed by atoms with Gasteiger partial charge in [-0.25, -0.2) is 0 Å². The summed E-state index contributed by atoms with van der Waals surface area (Å²) in [6.45, 7) is 4.47. The van der Waals surface area contributed by atoms with E-state index >= 15 is 0 Å². The average molecular weight is 371 g/mol. The maximum atomic E-state index is 13.4. The molecule has 0 aromatic heterocycles. The number of hydrogen-bond donors (Lipinski definition) is 0. The maximum absolute atomic E-state index is 13.4. The molecule has 0 radical (unpaired) electrons. The molecule has 1 heterocycles. The molecule has 0 bridgehead atoms. The Morgan fingerprint density at radius 2 is 1.68 bits per heavy atom. The van der Waals surface area contributed by atoms with Crippen LogP contribution in [0.2, 0.25) is 0 Å². The summed E-state index contributed by atoms with van der Waals surface area (Å²) < 4.78 is 0. The molecule has 0 amide bonds. The van der Waals surface area contributed by atoms with Crippen molar-refractivity contribution < 1.29 is 14.4 Å². The molecule has 5 rings (SSSR count). The first-order chi connectivity index (χ1) is 13.4. The number of ketones is 3. The van der Waals surface area contributed by atoms with E-state index in [1.807, 2.05) is 30.3 Å². The van der Waals surface area contributed by atoms with Gasteiger partial charge in [0, 0.05) is 46.4 Å². The van der Waals surface area contributed by atoms with Crippen LogP contribution in [0.25, 0.3) is 0 Å². The van der Waals surface area contributed by atoms with Crippen LogP contribution < -0.4 is 0 Å². The van der Waals surface area contributed by atoms with Crippen LogP contribution in [0.15, 0.2) is 68.8 Å². The molecule has 0 fully saturated rings. The average Bonchev–Trinajstić information content (AvgIpc) is 3.14. The second-order valence-corrected chi connectivity index (χ2v) is 8.89. The van der Waals surface area contributed by atoms with Gasteiger partial charge in [0.2, 0.25) is 0 Å². The van der Waals surface area contributed by atoms with Crippen molar-refractivity contribution in [2.45, 2.75) is 39.0 Å². The lowest BCUT2D eigenvalue weighted by Crippen LogP contribution is -2.36. The van der Waals surface area contributed by atoms with Gasteiger partial charge in [-0.2, -0.15) is 0 Å². The van der Waals surface area contributed by atoms with Gasteiger partial charge in [0.15, 0.2) is 17.3 Å². The summed E-state index contributed by atoms with van der Waals surface area (Å²) in [6, 6.07) is 9.64. The van der Waals surface area contributed by atoms with Crippen LogP contribution in [0.1, 0.15) is 44.6 Å². The molecule has 1 unspecified atom stereocenters. The van der Waals surface area contributed by atoms with Crippen molar-refractivity contribution in [3.05, 3.63) is 69.3 Å². The molecule has 0 saturated heterocycles. The number of carbonyl (C=O) groups is 3. The Hall–Kier alpha value is -2.88. The van der Waals surface area contributed by atoms with Crippen LogP contribution in [0.5, 0.6) is 0 Å². The van der Waals surface area contributed by atoms with Gasteiger partial charge in [0.05, 0.1) is 6.54 Å². The van der Waals surface area contributed by atoms with Gasteiger partial charge in [-0.1, -0.05) is 49.8 Å². The number of Topliss-reactive ketones (excluding diaryl/α,β-unsaturated/α-hetero) is 3. The van der Waals surface area contributed by atoms with E-state index in [0.717, 1.165) is 23.1 Å². The highest BCUT2D eigenvalue weighted by molar-refractivity contribution is 6.35. The lowest BCUT2D eigenvalue weighted by atomic mass is 9.61. The maximum Gasteiger partial charge on any atom is 0.192 e. The van der Waals surface area contributed by atoms with Crippen molar-refractivity contribution in [3.8, 4) is 0 Å². The summed E-state index contributed by atoms with van der Waals surface area (Å²) in [6.07, 6.45) is 3.18. The monoisotopic (exact) mass is 371 g/mol. The van der Waals surface area contributed by atoms with Crippen molar-refractivity contribution in [2.75, 3.05) is 6.54 Å². The molecule has 0 N–H and O–H groups in total. The predicted octanol–water partition coefficient (Wildman–Crippen LogP) is 3.69. The van der Waals surface area contributed by atoms with E-state index in [1.165, 1.54) is 6.21 Å². The summed E-state index contributed by atoms with van der Waals surface area (Å²) in [4.78, 5) is 44.0. The lowest BCUT2D eigenvalue weighted by Gasteiger charge is -2.40. The zero-order valence-corrected chi connectivity index (χ0v) is 16.0. The molecular formula is C24H21NO3. The lowest BCUT2D eigenvalue weighted by molar-refractivity contribution is -0.119. The molecule has 1 aromatic rings. The van der Waals surface area contributed by atoms with Crippen molar-refractivity contribution in [1.82, 2.24) is 0 Å². The van der Waals surface area contributed by atoms with Crippen LogP contribution in [0, 0.1) is 5.41 Å². The van der Waals surface area contributed by atoms with E-state index in [9.17, 15) is 14.4 Å². The minimum Gasteiger partial charge on any atom is -0.294 e. The predicted molar refractivity (Wildman–Crippen MR) is 106 cm³/mol.